The largest absolute Gasteiger partial charge is 0.452 e. The van der Waals surface area contributed by atoms with E-state index in [1.807, 2.05) is 26.0 Å². The van der Waals surface area contributed by atoms with E-state index < -0.39 is 24.0 Å². The first-order chi connectivity index (χ1) is 13.2. The Labute approximate surface area is 165 Å². The summed E-state index contributed by atoms with van der Waals surface area (Å²) < 4.78 is 5.18. The molecule has 6 nitrogen and oxygen atoms in total. The third-order valence-electron chi connectivity index (χ3n) is 5.79. The Kier molecular flexibility index (Phi) is 5.46. The maximum absolute atomic E-state index is 12.4. The van der Waals surface area contributed by atoms with Crippen LogP contribution in [-0.4, -0.2) is 29.0 Å². The van der Waals surface area contributed by atoms with Crippen LogP contribution in [0.5, 0.6) is 0 Å². The predicted octanol–water partition coefficient (Wildman–Crippen LogP) is 3.50. The Hall–Kier alpha value is -2.81. The molecule has 0 bridgehead atoms. The normalized spacial score (nSPS) is 18.2. The van der Waals surface area contributed by atoms with Crippen LogP contribution < -0.4 is 5.32 Å². The monoisotopic (exact) mass is 381 g/mol. The van der Waals surface area contributed by atoms with Crippen molar-refractivity contribution in [1.29, 1.82) is 5.26 Å². The first kappa shape index (κ1) is 19.9. The number of rotatable bonds is 5. The predicted molar refractivity (Wildman–Crippen MR) is 107 cm³/mol. The highest BCUT2D eigenvalue weighted by Crippen LogP contribution is 2.32. The topological polar surface area (TPSA) is 95.0 Å². The fourth-order valence-electron chi connectivity index (χ4n) is 3.56. The summed E-state index contributed by atoms with van der Waals surface area (Å²) in [6.45, 7) is 7.18. The van der Waals surface area contributed by atoms with Gasteiger partial charge in [-0.15, -0.1) is 0 Å². The van der Waals surface area contributed by atoms with E-state index in [1.54, 1.807) is 13.0 Å². The molecular formula is C22H27N3O3. The van der Waals surface area contributed by atoms with Gasteiger partial charge in [-0.3, -0.25) is 4.79 Å². The van der Waals surface area contributed by atoms with E-state index in [0.717, 1.165) is 23.7 Å². The van der Waals surface area contributed by atoms with E-state index >= 15 is 0 Å². The molecule has 0 saturated heterocycles. The van der Waals surface area contributed by atoms with Crippen molar-refractivity contribution in [3.8, 4) is 6.07 Å². The molecule has 1 aliphatic rings. The van der Waals surface area contributed by atoms with Gasteiger partial charge in [0.25, 0.3) is 5.91 Å². The Morgan fingerprint density at radius 3 is 2.86 bits per heavy atom. The molecule has 1 aromatic carbocycles. The number of aromatic nitrogens is 1. The van der Waals surface area contributed by atoms with Gasteiger partial charge in [-0.1, -0.05) is 20.8 Å². The van der Waals surface area contributed by atoms with Crippen molar-refractivity contribution in [2.45, 2.75) is 52.5 Å². The summed E-state index contributed by atoms with van der Waals surface area (Å²) in [5, 5.41) is 13.0. The summed E-state index contributed by atoms with van der Waals surface area (Å²) in [7, 11) is 0. The van der Waals surface area contributed by atoms with Crippen molar-refractivity contribution in [3.63, 3.8) is 0 Å². The van der Waals surface area contributed by atoms with Gasteiger partial charge < -0.3 is 15.0 Å². The molecule has 2 atom stereocenters. The number of fused-ring (bicyclic) bond motifs is 3. The quantitative estimate of drug-likeness (QED) is 0.775. The number of hydrogen-bond acceptors (Lipinski definition) is 4. The average molecular weight is 381 g/mol. The minimum Gasteiger partial charge on any atom is -0.452 e. The second kappa shape index (κ2) is 7.67. The molecule has 2 N–H and O–H groups in total. The molecule has 0 aliphatic heterocycles. The molecular weight excluding hydrogens is 354 g/mol. The van der Waals surface area contributed by atoms with Crippen LogP contribution in [0.15, 0.2) is 18.2 Å². The molecule has 0 radical (unpaired) electrons. The summed E-state index contributed by atoms with van der Waals surface area (Å²) in [6.07, 6.45) is 3.19. The zero-order valence-electron chi connectivity index (χ0n) is 16.9. The lowest BCUT2D eigenvalue weighted by Gasteiger charge is -2.27. The molecule has 1 heterocycles. The molecule has 148 valence electrons. The second-order valence-electron chi connectivity index (χ2n) is 8.28. The fraction of sp³-hybridized carbons (Fsp3) is 0.500. The van der Waals surface area contributed by atoms with Crippen LogP contribution in [0.1, 0.15) is 55.7 Å². The lowest BCUT2D eigenvalue weighted by atomic mass is 9.87. The van der Waals surface area contributed by atoms with E-state index in [-0.39, 0.29) is 5.92 Å². The van der Waals surface area contributed by atoms with Crippen molar-refractivity contribution >= 4 is 22.8 Å². The maximum atomic E-state index is 12.4. The maximum Gasteiger partial charge on any atom is 0.338 e. The Bertz CT molecular complexity index is 954. The van der Waals surface area contributed by atoms with Gasteiger partial charge in [0.2, 0.25) is 0 Å². The summed E-state index contributed by atoms with van der Waals surface area (Å²) in [6, 6.07) is 7.54. The molecule has 3 rings (SSSR count). The number of benzene rings is 1. The number of amides is 1. The standard InChI is InChI=1S/C22H27N3O3/c1-13(2)22(4,12-23)25-20(26)11-28-21(27)15-6-8-19-17(10-15)16-9-14(3)5-7-18(16)24-19/h6,8,10,13-14,24H,5,7,9,11H2,1-4H3,(H,25,26)/t14-,22+/m1/s1. The molecule has 0 unspecified atom stereocenters. The molecule has 1 aromatic heterocycles. The molecule has 1 aliphatic carbocycles. The average Bonchev–Trinajstić information content (AvgIpc) is 3.02. The van der Waals surface area contributed by atoms with E-state index in [9.17, 15) is 14.9 Å². The molecule has 0 spiro atoms. The number of aryl methyl sites for hydroxylation is 1. The number of nitrogens with one attached hydrogen (secondary N) is 2. The zero-order valence-corrected chi connectivity index (χ0v) is 16.9. The van der Waals surface area contributed by atoms with E-state index in [2.05, 4.69) is 23.3 Å². The molecule has 1 amide bonds. The highest BCUT2D eigenvalue weighted by molar-refractivity contribution is 5.97. The summed E-state index contributed by atoms with van der Waals surface area (Å²) >= 11 is 0. The lowest BCUT2D eigenvalue weighted by Crippen LogP contribution is -2.50. The van der Waals surface area contributed by atoms with Crippen LogP contribution in [0, 0.1) is 23.2 Å². The van der Waals surface area contributed by atoms with E-state index in [0.29, 0.717) is 11.5 Å². The van der Waals surface area contributed by atoms with Gasteiger partial charge in [0.1, 0.15) is 5.54 Å². The number of H-pyrrole nitrogens is 1. The lowest BCUT2D eigenvalue weighted by molar-refractivity contribution is -0.125. The summed E-state index contributed by atoms with van der Waals surface area (Å²) in [5.74, 6) is -0.470. The Morgan fingerprint density at radius 2 is 2.18 bits per heavy atom. The van der Waals surface area contributed by atoms with Crippen molar-refractivity contribution in [1.82, 2.24) is 10.3 Å². The van der Waals surface area contributed by atoms with E-state index in [4.69, 9.17) is 4.74 Å². The van der Waals surface area contributed by atoms with Crippen LogP contribution in [0.25, 0.3) is 10.9 Å². The first-order valence-electron chi connectivity index (χ1n) is 9.76. The third-order valence-corrected chi connectivity index (χ3v) is 5.79. The van der Waals surface area contributed by atoms with Gasteiger partial charge in [0.15, 0.2) is 6.61 Å². The summed E-state index contributed by atoms with van der Waals surface area (Å²) in [5.41, 5.74) is 2.98. The molecule has 28 heavy (non-hydrogen) atoms. The van der Waals surface area contributed by atoms with Crippen molar-refractivity contribution < 1.29 is 14.3 Å². The molecule has 0 fully saturated rings. The molecule has 2 aromatic rings. The molecule has 6 heteroatoms. The summed E-state index contributed by atoms with van der Waals surface area (Å²) in [4.78, 5) is 28.0. The second-order valence-corrected chi connectivity index (χ2v) is 8.28. The van der Waals surface area contributed by atoms with E-state index in [1.165, 1.54) is 17.7 Å². The SMILES string of the molecule is CC(C)[C@](C)(C#N)NC(=O)COC(=O)c1ccc2[nH]c3c(c2c1)C[C@H](C)CC3. The van der Waals surface area contributed by atoms with Crippen molar-refractivity contribution in [2.75, 3.05) is 6.61 Å². The van der Waals surface area contributed by atoms with Gasteiger partial charge in [-0.2, -0.15) is 5.26 Å². The van der Waals surface area contributed by atoms with Crippen LogP contribution in [-0.2, 0) is 22.4 Å². The number of nitrogens with zero attached hydrogens (tertiary/aromatic N) is 1. The van der Waals surface area contributed by atoms with Crippen molar-refractivity contribution in [2.24, 2.45) is 11.8 Å². The number of carbonyl (C=O) groups is 2. The number of hydrogen-bond donors (Lipinski definition) is 2. The minimum atomic E-state index is -0.997. The zero-order chi connectivity index (χ0) is 20.5. The van der Waals surface area contributed by atoms with Crippen LogP contribution in [0.2, 0.25) is 0 Å². The smallest absolute Gasteiger partial charge is 0.338 e. The number of nitriles is 1. The number of esters is 1. The van der Waals surface area contributed by atoms with Gasteiger partial charge in [-0.25, -0.2) is 4.79 Å². The van der Waals surface area contributed by atoms with Crippen LogP contribution >= 0.6 is 0 Å². The van der Waals surface area contributed by atoms with Crippen LogP contribution in [0.4, 0.5) is 0 Å². The van der Waals surface area contributed by atoms with Crippen LogP contribution in [0.3, 0.4) is 0 Å². The number of ether oxygens (including phenoxy) is 1. The van der Waals surface area contributed by atoms with Crippen molar-refractivity contribution in [3.05, 3.63) is 35.0 Å². The minimum absolute atomic E-state index is 0.0679. The first-order valence-corrected chi connectivity index (χ1v) is 9.76. The molecule has 0 saturated carbocycles. The number of aromatic amines is 1. The third kappa shape index (κ3) is 3.89. The number of carbonyl (C=O) groups excluding carboxylic acids is 2. The van der Waals surface area contributed by atoms with Gasteiger partial charge >= 0.3 is 5.97 Å². The van der Waals surface area contributed by atoms with Gasteiger partial charge in [-0.05, 0) is 61.8 Å². The van der Waals surface area contributed by atoms with Gasteiger partial charge in [0.05, 0.1) is 11.6 Å². The Balaban J connectivity index is 1.69. The van der Waals surface area contributed by atoms with Gasteiger partial charge in [0, 0.05) is 16.6 Å². The highest BCUT2D eigenvalue weighted by Gasteiger charge is 2.30. The fourth-order valence-corrected chi connectivity index (χ4v) is 3.56. The highest BCUT2D eigenvalue weighted by atomic mass is 16.5. The Morgan fingerprint density at radius 1 is 1.43 bits per heavy atom.